The van der Waals surface area contributed by atoms with Crippen molar-refractivity contribution >= 4 is 12.0 Å². The first-order chi connectivity index (χ1) is 7.26. The largest absolute Gasteiger partial charge is 0.481 e. The summed E-state index contributed by atoms with van der Waals surface area (Å²) in [6.45, 7) is 2.14. The molecular formula is C11H13NO3. The Hall–Kier alpha value is -1.84. The number of ether oxygens (including phenoxy) is 2. The highest BCUT2D eigenvalue weighted by Crippen LogP contribution is 2.09. The van der Waals surface area contributed by atoms with Crippen molar-refractivity contribution in [3.63, 3.8) is 0 Å². The van der Waals surface area contributed by atoms with Crippen molar-refractivity contribution in [1.82, 2.24) is 4.98 Å². The summed E-state index contributed by atoms with van der Waals surface area (Å²) in [5, 5.41) is 0. The number of aromatic nitrogens is 1. The third-order valence-corrected chi connectivity index (χ3v) is 1.67. The van der Waals surface area contributed by atoms with Gasteiger partial charge in [-0.2, -0.15) is 0 Å². The van der Waals surface area contributed by atoms with Crippen LogP contribution in [0, 0.1) is 0 Å². The molecule has 4 nitrogen and oxygen atoms in total. The van der Waals surface area contributed by atoms with Gasteiger partial charge in [0.2, 0.25) is 5.88 Å². The number of carbonyl (C=O) groups excluding carboxylic acids is 1. The van der Waals surface area contributed by atoms with Gasteiger partial charge in [-0.15, -0.1) is 0 Å². The molecule has 0 fully saturated rings. The van der Waals surface area contributed by atoms with E-state index in [1.54, 1.807) is 38.4 Å². The van der Waals surface area contributed by atoms with Gasteiger partial charge in [-0.05, 0) is 24.6 Å². The fourth-order valence-corrected chi connectivity index (χ4v) is 0.995. The van der Waals surface area contributed by atoms with Crippen LogP contribution in [0.1, 0.15) is 12.5 Å². The normalized spacial score (nSPS) is 10.3. The highest BCUT2D eigenvalue weighted by atomic mass is 16.5. The van der Waals surface area contributed by atoms with Gasteiger partial charge < -0.3 is 9.47 Å². The Morgan fingerprint density at radius 2 is 2.40 bits per heavy atom. The lowest BCUT2D eigenvalue weighted by molar-refractivity contribution is -0.137. The summed E-state index contributed by atoms with van der Waals surface area (Å²) in [6.07, 6.45) is 4.64. The van der Waals surface area contributed by atoms with Crippen LogP contribution in [0.15, 0.2) is 24.4 Å². The summed E-state index contributed by atoms with van der Waals surface area (Å²) in [5.74, 6) is 0.161. The lowest BCUT2D eigenvalue weighted by Gasteiger charge is -1.98. The fourth-order valence-electron chi connectivity index (χ4n) is 0.995. The van der Waals surface area contributed by atoms with E-state index >= 15 is 0 Å². The molecule has 0 amide bonds. The van der Waals surface area contributed by atoms with Crippen molar-refractivity contribution in [1.29, 1.82) is 0 Å². The van der Waals surface area contributed by atoms with E-state index in [0.717, 1.165) is 5.56 Å². The van der Waals surface area contributed by atoms with Crippen LogP contribution in [-0.4, -0.2) is 24.7 Å². The van der Waals surface area contributed by atoms with E-state index in [1.807, 2.05) is 0 Å². The zero-order valence-electron chi connectivity index (χ0n) is 8.77. The molecule has 0 atom stereocenters. The topological polar surface area (TPSA) is 48.4 Å². The van der Waals surface area contributed by atoms with Gasteiger partial charge in [0.25, 0.3) is 0 Å². The SMILES string of the molecule is CCOC(=O)C=Cc1ccnc(OC)c1. The van der Waals surface area contributed by atoms with E-state index in [0.29, 0.717) is 12.5 Å². The van der Waals surface area contributed by atoms with Gasteiger partial charge in [0.1, 0.15) is 0 Å². The monoisotopic (exact) mass is 207 g/mol. The second-order valence-electron chi connectivity index (χ2n) is 2.72. The minimum absolute atomic E-state index is 0.353. The molecule has 1 aromatic rings. The van der Waals surface area contributed by atoms with Gasteiger partial charge in [-0.3, -0.25) is 0 Å². The highest BCUT2D eigenvalue weighted by Gasteiger charge is 1.96. The Labute approximate surface area is 88.5 Å². The predicted molar refractivity (Wildman–Crippen MR) is 56.5 cm³/mol. The predicted octanol–water partition coefficient (Wildman–Crippen LogP) is 1.67. The maximum absolute atomic E-state index is 11.0. The first kappa shape index (κ1) is 11.2. The van der Waals surface area contributed by atoms with Crippen LogP contribution in [0.4, 0.5) is 0 Å². The quantitative estimate of drug-likeness (QED) is 0.556. The third kappa shape index (κ3) is 3.81. The molecule has 1 aromatic heterocycles. The lowest BCUT2D eigenvalue weighted by atomic mass is 10.2. The number of hydrogen-bond donors (Lipinski definition) is 0. The van der Waals surface area contributed by atoms with Crippen LogP contribution in [-0.2, 0) is 9.53 Å². The number of hydrogen-bond acceptors (Lipinski definition) is 4. The zero-order valence-corrected chi connectivity index (χ0v) is 8.77. The van der Waals surface area contributed by atoms with Crippen molar-refractivity contribution in [2.75, 3.05) is 13.7 Å². The molecule has 80 valence electrons. The molecule has 4 heteroatoms. The summed E-state index contributed by atoms with van der Waals surface area (Å²) in [5.41, 5.74) is 0.843. The minimum Gasteiger partial charge on any atom is -0.481 e. The van der Waals surface area contributed by atoms with Crippen molar-refractivity contribution < 1.29 is 14.3 Å². The summed E-state index contributed by atoms with van der Waals surface area (Å²) in [7, 11) is 1.54. The van der Waals surface area contributed by atoms with Crippen LogP contribution in [0.3, 0.4) is 0 Å². The van der Waals surface area contributed by atoms with E-state index in [2.05, 4.69) is 4.98 Å². The number of carbonyl (C=O) groups is 1. The maximum Gasteiger partial charge on any atom is 0.330 e. The number of methoxy groups -OCH3 is 1. The molecule has 0 aliphatic carbocycles. The summed E-state index contributed by atoms with van der Waals surface area (Å²) in [6, 6.07) is 3.51. The summed E-state index contributed by atoms with van der Waals surface area (Å²) in [4.78, 5) is 15.0. The second-order valence-corrected chi connectivity index (χ2v) is 2.72. The lowest BCUT2D eigenvalue weighted by Crippen LogP contribution is -1.98. The van der Waals surface area contributed by atoms with E-state index in [9.17, 15) is 4.79 Å². The molecule has 0 N–H and O–H groups in total. The van der Waals surface area contributed by atoms with Crippen LogP contribution in [0.5, 0.6) is 5.88 Å². The average Bonchev–Trinajstić information content (AvgIpc) is 2.27. The molecule has 0 unspecified atom stereocenters. The molecule has 1 heterocycles. The van der Waals surface area contributed by atoms with Crippen LogP contribution >= 0.6 is 0 Å². The smallest absolute Gasteiger partial charge is 0.330 e. The molecule has 1 rings (SSSR count). The van der Waals surface area contributed by atoms with E-state index < -0.39 is 0 Å². The second kappa shape index (κ2) is 5.80. The fraction of sp³-hybridized carbons (Fsp3) is 0.273. The van der Waals surface area contributed by atoms with Gasteiger partial charge >= 0.3 is 5.97 Å². The zero-order chi connectivity index (χ0) is 11.1. The summed E-state index contributed by atoms with van der Waals surface area (Å²) >= 11 is 0. The Kier molecular flexibility index (Phi) is 4.34. The average molecular weight is 207 g/mol. The molecule has 0 aromatic carbocycles. The van der Waals surface area contributed by atoms with Gasteiger partial charge in [0.15, 0.2) is 0 Å². The van der Waals surface area contributed by atoms with E-state index in [-0.39, 0.29) is 5.97 Å². The Bertz CT molecular complexity index is 361. The molecule has 0 aliphatic rings. The van der Waals surface area contributed by atoms with Crippen molar-refractivity contribution in [3.8, 4) is 5.88 Å². The van der Waals surface area contributed by atoms with Crippen molar-refractivity contribution in [2.45, 2.75) is 6.92 Å². The Morgan fingerprint density at radius 1 is 1.60 bits per heavy atom. The van der Waals surface area contributed by atoms with Crippen LogP contribution in [0.2, 0.25) is 0 Å². The molecule has 15 heavy (non-hydrogen) atoms. The molecule has 0 spiro atoms. The van der Waals surface area contributed by atoms with Gasteiger partial charge in [0.05, 0.1) is 13.7 Å². The summed E-state index contributed by atoms with van der Waals surface area (Å²) < 4.78 is 9.70. The molecule has 0 aliphatic heterocycles. The molecule has 0 radical (unpaired) electrons. The van der Waals surface area contributed by atoms with E-state index in [1.165, 1.54) is 6.08 Å². The maximum atomic E-state index is 11.0. The molecule has 0 saturated heterocycles. The first-order valence-corrected chi connectivity index (χ1v) is 4.61. The Balaban J connectivity index is 2.67. The molecule has 0 bridgehead atoms. The van der Waals surface area contributed by atoms with Crippen LogP contribution in [0.25, 0.3) is 6.08 Å². The standard InChI is InChI=1S/C11H13NO3/c1-3-15-11(13)5-4-9-6-7-12-10(8-9)14-2/h4-8H,3H2,1-2H3. The third-order valence-electron chi connectivity index (χ3n) is 1.67. The van der Waals surface area contributed by atoms with Gasteiger partial charge in [-0.25, -0.2) is 9.78 Å². The van der Waals surface area contributed by atoms with Crippen molar-refractivity contribution in [3.05, 3.63) is 30.0 Å². The van der Waals surface area contributed by atoms with E-state index in [4.69, 9.17) is 9.47 Å². The molecule has 0 saturated carbocycles. The number of rotatable bonds is 4. The number of pyridine rings is 1. The number of nitrogens with zero attached hydrogens (tertiary/aromatic N) is 1. The van der Waals surface area contributed by atoms with Gasteiger partial charge in [-0.1, -0.05) is 0 Å². The first-order valence-electron chi connectivity index (χ1n) is 4.61. The Morgan fingerprint density at radius 3 is 3.07 bits per heavy atom. The van der Waals surface area contributed by atoms with Crippen molar-refractivity contribution in [2.24, 2.45) is 0 Å². The van der Waals surface area contributed by atoms with Crippen LogP contribution < -0.4 is 4.74 Å². The number of esters is 1. The minimum atomic E-state index is -0.353. The van der Waals surface area contributed by atoms with Gasteiger partial charge in [0, 0.05) is 18.3 Å². The highest BCUT2D eigenvalue weighted by molar-refractivity contribution is 5.87. The molecular weight excluding hydrogens is 194 g/mol.